The Balaban J connectivity index is 1.95. The van der Waals surface area contributed by atoms with Gasteiger partial charge in [-0.15, -0.1) is 0 Å². The highest BCUT2D eigenvalue weighted by atomic mass is 16.5. The first-order valence-electron chi connectivity index (χ1n) is 5.21. The lowest BCUT2D eigenvalue weighted by molar-refractivity contribution is 0.415. The van der Waals surface area contributed by atoms with E-state index < -0.39 is 0 Å². The summed E-state index contributed by atoms with van der Waals surface area (Å²) in [6, 6.07) is 11.3. The van der Waals surface area contributed by atoms with Crippen LogP contribution in [0.2, 0.25) is 0 Å². The minimum absolute atomic E-state index is 0.827. The molecule has 1 heterocycles. The quantitative estimate of drug-likeness (QED) is 0.645. The summed E-state index contributed by atoms with van der Waals surface area (Å²) in [6.07, 6.45) is 5.20. The highest BCUT2D eigenvalue weighted by molar-refractivity contribution is 5.79. The van der Waals surface area contributed by atoms with Gasteiger partial charge in [0.2, 0.25) is 0 Å². The molecule has 86 valence electrons. The zero-order valence-corrected chi connectivity index (χ0v) is 9.50. The van der Waals surface area contributed by atoms with E-state index in [1.165, 1.54) is 0 Å². The molecule has 0 aliphatic carbocycles. The summed E-state index contributed by atoms with van der Waals surface area (Å²) in [7, 11) is 1.64. The maximum atomic E-state index is 5.07. The zero-order valence-electron chi connectivity index (χ0n) is 9.50. The van der Waals surface area contributed by atoms with Crippen molar-refractivity contribution in [1.29, 1.82) is 0 Å². The number of benzene rings is 1. The third-order valence-corrected chi connectivity index (χ3v) is 2.20. The molecule has 4 nitrogen and oxygen atoms in total. The molecule has 0 spiro atoms. The number of nitrogens with zero attached hydrogens (tertiary/aromatic N) is 2. The third-order valence-electron chi connectivity index (χ3n) is 2.20. The molecule has 0 saturated heterocycles. The molecule has 17 heavy (non-hydrogen) atoms. The van der Waals surface area contributed by atoms with Crippen LogP contribution in [-0.4, -0.2) is 18.3 Å². The van der Waals surface area contributed by atoms with Crippen LogP contribution in [0.4, 0.5) is 5.69 Å². The summed E-state index contributed by atoms with van der Waals surface area (Å²) in [5, 5.41) is 4.12. The van der Waals surface area contributed by atoms with Crippen LogP contribution in [0.1, 0.15) is 5.56 Å². The zero-order chi connectivity index (χ0) is 11.9. The van der Waals surface area contributed by atoms with Crippen molar-refractivity contribution in [1.82, 2.24) is 4.98 Å². The van der Waals surface area contributed by atoms with Gasteiger partial charge in [0, 0.05) is 12.4 Å². The minimum atomic E-state index is 0.827. The van der Waals surface area contributed by atoms with Crippen LogP contribution in [0.5, 0.6) is 5.75 Å². The Morgan fingerprint density at radius 1 is 1.12 bits per heavy atom. The number of pyridine rings is 1. The van der Waals surface area contributed by atoms with E-state index in [2.05, 4.69) is 15.5 Å². The van der Waals surface area contributed by atoms with Gasteiger partial charge in [-0.1, -0.05) is 0 Å². The smallest absolute Gasteiger partial charge is 0.119 e. The minimum Gasteiger partial charge on any atom is -0.497 e. The molecular weight excluding hydrogens is 214 g/mol. The van der Waals surface area contributed by atoms with E-state index in [-0.39, 0.29) is 0 Å². The van der Waals surface area contributed by atoms with Crippen LogP contribution in [0.15, 0.2) is 53.9 Å². The molecular formula is C13H13N3O. The first-order chi connectivity index (χ1) is 8.38. The van der Waals surface area contributed by atoms with Gasteiger partial charge >= 0.3 is 0 Å². The average Bonchev–Trinajstić information content (AvgIpc) is 2.41. The second-order valence-corrected chi connectivity index (χ2v) is 3.38. The van der Waals surface area contributed by atoms with Gasteiger partial charge < -0.3 is 4.74 Å². The van der Waals surface area contributed by atoms with Crippen molar-refractivity contribution in [2.24, 2.45) is 5.10 Å². The fourth-order valence-electron chi connectivity index (χ4n) is 1.30. The number of hydrazone groups is 1. The molecule has 1 aromatic heterocycles. The summed E-state index contributed by atoms with van der Waals surface area (Å²) < 4.78 is 5.07. The first-order valence-corrected chi connectivity index (χ1v) is 5.21. The van der Waals surface area contributed by atoms with Crippen LogP contribution in [-0.2, 0) is 0 Å². The van der Waals surface area contributed by atoms with Crippen molar-refractivity contribution in [2.45, 2.75) is 0 Å². The number of ether oxygens (including phenoxy) is 1. The molecule has 0 aliphatic heterocycles. The van der Waals surface area contributed by atoms with Gasteiger partial charge in [-0.05, 0) is 42.0 Å². The molecule has 4 heteroatoms. The molecule has 0 fully saturated rings. The Bertz CT molecular complexity index is 480. The molecule has 0 bridgehead atoms. The highest BCUT2D eigenvalue weighted by Crippen LogP contribution is 2.14. The molecule has 0 atom stereocenters. The van der Waals surface area contributed by atoms with Crippen molar-refractivity contribution in [3.05, 3.63) is 54.4 Å². The van der Waals surface area contributed by atoms with Gasteiger partial charge in [0.25, 0.3) is 0 Å². The fraction of sp³-hybridized carbons (Fsp3) is 0.0769. The summed E-state index contributed by atoms with van der Waals surface area (Å²) in [4.78, 5) is 3.93. The summed E-state index contributed by atoms with van der Waals surface area (Å²) >= 11 is 0. The van der Waals surface area contributed by atoms with Gasteiger partial charge in [-0.25, -0.2) is 0 Å². The summed E-state index contributed by atoms with van der Waals surface area (Å²) in [5.41, 5.74) is 4.85. The van der Waals surface area contributed by atoms with E-state index in [9.17, 15) is 0 Å². The number of hydrogen-bond donors (Lipinski definition) is 1. The van der Waals surface area contributed by atoms with Crippen molar-refractivity contribution in [2.75, 3.05) is 12.5 Å². The molecule has 1 N–H and O–H groups in total. The lowest BCUT2D eigenvalue weighted by Crippen LogP contribution is -1.91. The Morgan fingerprint density at radius 2 is 1.82 bits per heavy atom. The maximum Gasteiger partial charge on any atom is 0.119 e. The number of anilines is 1. The van der Waals surface area contributed by atoms with E-state index in [0.717, 1.165) is 17.0 Å². The van der Waals surface area contributed by atoms with Crippen molar-refractivity contribution >= 4 is 11.9 Å². The second kappa shape index (κ2) is 5.65. The second-order valence-electron chi connectivity index (χ2n) is 3.38. The largest absolute Gasteiger partial charge is 0.497 e. The van der Waals surface area contributed by atoms with E-state index in [1.807, 2.05) is 36.4 Å². The van der Waals surface area contributed by atoms with Gasteiger partial charge in [-0.2, -0.15) is 5.10 Å². The fourth-order valence-corrected chi connectivity index (χ4v) is 1.30. The SMILES string of the molecule is COc1ccc(NN=Cc2ccncc2)cc1. The summed E-state index contributed by atoms with van der Waals surface area (Å²) in [5.74, 6) is 0.827. The first kappa shape index (κ1) is 11.1. The van der Waals surface area contributed by atoms with Crippen LogP contribution in [0.25, 0.3) is 0 Å². The monoisotopic (exact) mass is 227 g/mol. The normalized spacial score (nSPS) is 10.4. The summed E-state index contributed by atoms with van der Waals surface area (Å²) in [6.45, 7) is 0. The van der Waals surface area contributed by atoms with E-state index in [1.54, 1.807) is 25.7 Å². The van der Waals surface area contributed by atoms with Crippen LogP contribution >= 0.6 is 0 Å². The molecule has 0 radical (unpaired) electrons. The Kier molecular flexibility index (Phi) is 3.70. The van der Waals surface area contributed by atoms with Crippen LogP contribution < -0.4 is 10.2 Å². The number of nitrogens with one attached hydrogen (secondary N) is 1. The topological polar surface area (TPSA) is 46.5 Å². The van der Waals surface area contributed by atoms with Crippen LogP contribution in [0.3, 0.4) is 0 Å². The predicted molar refractivity (Wildman–Crippen MR) is 68.4 cm³/mol. The molecule has 0 saturated carbocycles. The highest BCUT2D eigenvalue weighted by Gasteiger charge is 1.91. The maximum absolute atomic E-state index is 5.07. The Hall–Kier alpha value is -2.36. The molecule has 2 rings (SSSR count). The van der Waals surface area contributed by atoms with E-state index in [4.69, 9.17) is 4.74 Å². The standard InChI is InChI=1S/C13H13N3O/c1-17-13-4-2-12(3-5-13)16-15-10-11-6-8-14-9-7-11/h2-10,16H,1H3. The van der Waals surface area contributed by atoms with Crippen LogP contribution in [0, 0.1) is 0 Å². The lowest BCUT2D eigenvalue weighted by Gasteiger charge is -2.02. The van der Waals surface area contributed by atoms with Gasteiger partial charge in [0.1, 0.15) is 5.75 Å². The molecule has 0 amide bonds. The lowest BCUT2D eigenvalue weighted by atomic mass is 10.3. The average molecular weight is 227 g/mol. The number of rotatable bonds is 4. The van der Waals surface area contributed by atoms with Crippen molar-refractivity contribution < 1.29 is 4.74 Å². The van der Waals surface area contributed by atoms with Gasteiger partial charge in [0.15, 0.2) is 0 Å². The van der Waals surface area contributed by atoms with Crippen molar-refractivity contribution in [3.8, 4) is 5.75 Å². The van der Waals surface area contributed by atoms with E-state index in [0.29, 0.717) is 0 Å². The predicted octanol–water partition coefficient (Wildman–Crippen LogP) is 2.54. The van der Waals surface area contributed by atoms with Crippen molar-refractivity contribution in [3.63, 3.8) is 0 Å². The molecule has 0 aliphatic rings. The molecule has 1 aromatic carbocycles. The molecule has 0 unspecified atom stereocenters. The number of methoxy groups -OCH3 is 1. The van der Waals surface area contributed by atoms with Gasteiger partial charge in [-0.3, -0.25) is 10.4 Å². The van der Waals surface area contributed by atoms with Gasteiger partial charge in [0.05, 0.1) is 19.0 Å². The Morgan fingerprint density at radius 3 is 2.47 bits per heavy atom. The number of hydrogen-bond acceptors (Lipinski definition) is 4. The van der Waals surface area contributed by atoms with E-state index >= 15 is 0 Å². The number of aromatic nitrogens is 1. The Labute approximate surface area is 100.0 Å². The molecule has 2 aromatic rings. The third kappa shape index (κ3) is 3.31.